The lowest BCUT2D eigenvalue weighted by molar-refractivity contribution is -0.134. The highest BCUT2D eigenvalue weighted by Gasteiger charge is 2.36. The van der Waals surface area contributed by atoms with Gasteiger partial charge in [-0.1, -0.05) is 52.3 Å². The Balaban J connectivity index is 1.72. The van der Waals surface area contributed by atoms with E-state index in [0.717, 1.165) is 10.0 Å². The van der Waals surface area contributed by atoms with Crippen molar-refractivity contribution in [1.29, 1.82) is 0 Å². The first kappa shape index (κ1) is 18.0. The molecule has 2 aromatic carbocycles. The predicted molar refractivity (Wildman–Crippen MR) is 104 cm³/mol. The number of thioether (sulfide) groups is 1. The quantitative estimate of drug-likeness (QED) is 0.760. The van der Waals surface area contributed by atoms with Gasteiger partial charge in [-0.15, -0.1) is 11.8 Å². The zero-order chi connectivity index (χ0) is 17.8. The lowest BCUT2D eigenvalue weighted by Crippen LogP contribution is -2.47. The van der Waals surface area contributed by atoms with Crippen molar-refractivity contribution < 1.29 is 9.59 Å². The van der Waals surface area contributed by atoms with Gasteiger partial charge in [0, 0.05) is 29.4 Å². The maximum Gasteiger partial charge on any atom is 0.255 e. The topological polar surface area (TPSA) is 40.6 Å². The number of rotatable bonds is 4. The smallest absolute Gasteiger partial charge is 0.255 e. The minimum atomic E-state index is -0.412. The van der Waals surface area contributed by atoms with Gasteiger partial charge < -0.3 is 9.80 Å². The Bertz CT molecular complexity index is 769. The first-order valence-electron chi connectivity index (χ1n) is 8.00. The van der Waals surface area contributed by atoms with Gasteiger partial charge >= 0.3 is 0 Å². The zero-order valence-corrected chi connectivity index (χ0v) is 16.3. The average Bonchev–Trinajstić information content (AvgIpc) is 3.12. The van der Waals surface area contributed by atoms with Crippen molar-refractivity contribution in [3.63, 3.8) is 0 Å². The zero-order valence-electron chi connectivity index (χ0n) is 13.9. The summed E-state index contributed by atoms with van der Waals surface area (Å²) in [6.45, 7) is 0.509. The van der Waals surface area contributed by atoms with Crippen LogP contribution >= 0.6 is 27.7 Å². The number of carbonyl (C=O) groups is 2. The third kappa shape index (κ3) is 4.07. The third-order valence-corrected chi connectivity index (χ3v) is 5.98. The van der Waals surface area contributed by atoms with Crippen LogP contribution in [0, 0.1) is 0 Å². The third-order valence-electron chi connectivity index (χ3n) is 4.19. The molecule has 130 valence electrons. The maximum atomic E-state index is 12.9. The minimum Gasteiger partial charge on any atom is -0.340 e. The summed E-state index contributed by atoms with van der Waals surface area (Å²) in [4.78, 5) is 29.0. The fourth-order valence-electron chi connectivity index (χ4n) is 2.81. The van der Waals surface area contributed by atoms with Gasteiger partial charge in [0.1, 0.15) is 6.04 Å². The summed E-state index contributed by atoms with van der Waals surface area (Å²) < 4.78 is 0.979. The van der Waals surface area contributed by atoms with Crippen LogP contribution in [0.5, 0.6) is 0 Å². The Morgan fingerprint density at radius 3 is 2.56 bits per heavy atom. The van der Waals surface area contributed by atoms with Crippen LogP contribution in [0.1, 0.15) is 15.9 Å². The number of likely N-dealkylation sites (N-methyl/N-ethyl adjacent to an activating group) is 1. The molecule has 2 amide bonds. The molecule has 1 fully saturated rings. The standard InChI is InChI=1S/C19H19BrN2O2S/c1-21(11-15-9-5-6-10-16(15)20)19(24)17-12-25-13-22(17)18(23)14-7-3-2-4-8-14/h2-10,17H,11-13H2,1H3. The lowest BCUT2D eigenvalue weighted by Gasteiger charge is -2.27. The number of halogens is 1. The van der Waals surface area contributed by atoms with E-state index in [1.54, 1.807) is 40.7 Å². The Morgan fingerprint density at radius 1 is 1.16 bits per heavy atom. The Morgan fingerprint density at radius 2 is 1.84 bits per heavy atom. The van der Waals surface area contributed by atoms with Gasteiger partial charge in [-0.05, 0) is 23.8 Å². The molecular weight excluding hydrogens is 400 g/mol. The summed E-state index contributed by atoms with van der Waals surface area (Å²) in [5.74, 6) is 1.08. The van der Waals surface area contributed by atoms with E-state index in [-0.39, 0.29) is 11.8 Å². The van der Waals surface area contributed by atoms with Gasteiger partial charge in [-0.2, -0.15) is 0 Å². The fourth-order valence-corrected chi connectivity index (χ4v) is 4.36. The van der Waals surface area contributed by atoms with E-state index < -0.39 is 6.04 Å². The molecular formula is C19H19BrN2O2S. The van der Waals surface area contributed by atoms with Crippen LogP contribution in [0.25, 0.3) is 0 Å². The average molecular weight is 419 g/mol. The molecule has 0 spiro atoms. The van der Waals surface area contributed by atoms with Gasteiger partial charge in [-0.25, -0.2) is 0 Å². The molecule has 0 aliphatic carbocycles. The molecule has 3 rings (SSSR count). The van der Waals surface area contributed by atoms with Crippen LogP contribution in [0.2, 0.25) is 0 Å². The molecule has 1 heterocycles. The molecule has 0 N–H and O–H groups in total. The van der Waals surface area contributed by atoms with Crippen molar-refractivity contribution in [1.82, 2.24) is 9.80 Å². The second-order valence-electron chi connectivity index (χ2n) is 5.94. The van der Waals surface area contributed by atoms with Crippen LogP contribution < -0.4 is 0 Å². The molecule has 1 saturated heterocycles. The summed E-state index contributed by atoms with van der Waals surface area (Å²) >= 11 is 5.13. The summed E-state index contributed by atoms with van der Waals surface area (Å²) in [5.41, 5.74) is 1.67. The van der Waals surface area contributed by atoms with Gasteiger partial charge in [-0.3, -0.25) is 9.59 Å². The SMILES string of the molecule is CN(Cc1ccccc1Br)C(=O)C1CSCN1C(=O)c1ccccc1. The second kappa shape index (κ2) is 8.06. The highest BCUT2D eigenvalue weighted by molar-refractivity contribution is 9.10. The van der Waals surface area contributed by atoms with Crippen molar-refractivity contribution in [3.8, 4) is 0 Å². The molecule has 1 unspecified atom stereocenters. The highest BCUT2D eigenvalue weighted by atomic mass is 79.9. The molecule has 0 radical (unpaired) electrons. The first-order valence-corrected chi connectivity index (χ1v) is 9.95. The number of carbonyl (C=O) groups excluding carboxylic acids is 2. The van der Waals surface area contributed by atoms with Gasteiger partial charge in [0.05, 0.1) is 5.88 Å². The van der Waals surface area contributed by atoms with Crippen molar-refractivity contribution in [3.05, 3.63) is 70.2 Å². The van der Waals surface area contributed by atoms with Gasteiger partial charge in [0.2, 0.25) is 5.91 Å². The van der Waals surface area contributed by atoms with Crippen molar-refractivity contribution >= 4 is 39.5 Å². The molecule has 0 aromatic heterocycles. The van der Waals surface area contributed by atoms with E-state index >= 15 is 0 Å². The van der Waals surface area contributed by atoms with Crippen LogP contribution in [0.3, 0.4) is 0 Å². The van der Waals surface area contributed by atoms with Crippen LogP contribution in [-0.4, -0.2) is 46.3 Å². The van der Waals surface area contributed by atoms with E-state index in [9.17, 15) is 9.59 Å². The summed E-state index contributed by atoms with van der Waals surface area (Å²) in [5, 5.41) is 0. The molecule has 1 atom stereocenters. The minimum absolute atomic E-state index is 0.0231. The lowest BCUT2D eigenvalue weighted by atomic mass is 10.1. The molecule has 25 heavy (non-hydrogen) atoms. The molecule has 0 bridgehead atoms. The maximum absolute atomic E-state index is 12.9. The summed E-state index contributed by atoms with van der Waals surface area (Å²) in [6.07, 6.45) is 0. The first-order chi connectivity index (χ1) is 12.1. The largest absolute Gasteiger partial charge is 0.340 e. The normalized spacial score (nSPS) is 16.7. The Kier molecular flexibility index (Phi) is 5.81. The van der Waals surface area contributed by atoms with Crippen LogP contribution in [0.15, 0.2) is 59.1 Å². The molecule has 0 saturated carbocycles. The monoisotopic (exact) mass is 418 g/mol. The number of nitrogens with zero attached hydrogens (tertiary/aromatic N) is 2. The molecule has 1 aliphatic rings. The van der Waals surface area contributed by atoms with E-state index in [1.165, 1.54) is 0 Å². The van der Waals surface area contributed by atoms with Crippen molar-refractivity contribution in [2.24, 2.45) is 0 Å². The molecule has 1 aliphatic heterocycles. The molecule has 4 nitrogen and oxygen atoms in total. The highest BCUT2D eigenvalue weighted by Crippen LogP contribution is 2.25. The van der Waals surface area contributed by atoms with Crippen molar-refractivity contribution in [2.45, 2.75) is 12.6 Å². The van der Waals surface area contributed by atoms with Crippen LogP contribution in [0.4, 0.5) is 0 Å². The Hall–Kier alpha value is -1.79. The summed E-state index contributed by atoms with van der Waals surface area (Å²) in [6, 6.07) is 16.6. The number of hydrogen-bond acceptors (Lipinski definition) is 3. The van der Waals surface area contributed by atoms with Crippen molar-refractivity contribution in [2.75, 3.05) is 18.7 Å². The summed E-state index contributed by atoms with van der Waals surface area (Å²) in [7, 11) is 1.79. The van der Waals surface area contributed by atoms with E-state index in [2.05, 4.69) is 15.9 Å². The van der Waals surface area contributed by atoms with E-state index in [0.29, 0.717) is 23.7 Å². The number of hydrogen-bond donors (Lipinski definition) is 0. The fraction of sp³-hybridized carbons (Fsp3) is 0.263. The molecule has 6 heteroatoms. The van der Waals surface area contributed by atoms with E-state index in [1.807, 2.05) is 42.5 Å². The van der Waals surface area contributed by atoms with E-state index in [4.69, 9.17) is 0 Å². The second-order valence-corrected chi connectivity index (χ2v) is 7.80. The Labute approximate surface area is 160 Å². The predicted octanol–water partition coefficient (Wildman–Crippen LogP) is 3.62. The van der Waals surface area contributed by atoms with Gasteiger partial charge in [0.25, 0.3) is 5.91 Å². The van der Waals surface area contributed by atoms with Crippen LogP contribution in [-0.2, 0) is 11.3 Å². The number of benzene rings is 2. The number of amides is 2. The molecule has 2 aromatic rings. The van der Waals surface area contributed by atoms with Gasteiger partial charge in [0.15, 0.2) is 0 Å².